The highest BCUT2D eigenvalue weighted by Gasteiger charge is 2.29. The third kappa shape index (κ3) is 5.53. The highest BCUT2D eigenvalue weighted by Crippen LogP contribution is 2.28. The molecule has 30 heavy (non-hydrogen) atoms. The van der Waals surface area contributed by atoms with Gasteiger partial charge in [0, 0.05) is 36.3 Å². The van der Waals surface area contributed by atoms with E-state index in [-0.39, 0.29) is 23.6 Å². The van der Waals surface area contributed by atoms with E-state index in [1.807, 2.05) is 20.8 Å². The number of hydrogen-bond donors (Lipinski definition) is 1. The van der Waals surface area contributed by atoms with E-state index in [4.69, 9.17) is 9.15 Å². The van der Waals surface area contributed by atoms with Crippen molar-refractivity contribution in [1.29, 1.82) is 0 Å². The number of amides is 2. The van der Waals surface area contributed by atoms with Gasteiger partial charge in [0.05, 0.1) is 5.75 Å². The Kier molecular flexibility index (Phi) is 6.12. The number of piperidine rings is 1. The Morgan fingerprint density at radius 3 is 2.43 bits per heavy atom. The Morgan fingerprint density at radius 2 is 1.83 bits per heavy atom. The SMILES string of the molecule is CC(C)(C)OC(=O)N1CCC(NC(=O)c2oc3ccccc3c2CS(C)(=O)=O)CC1. The first-order chi connectivity index (χ1) is 13.9. The number of likely N-dealkylation sites (tertiary alicyclic amines) is 1. The van der Waals surface area contributed by atoms with Crippen LogP contribution in [0.1, 0.15) is 49.7 Å². The molecule has 0 atom stereocenters. The van der Waals surface area contributed by atoms with Crippen LogP contribution in [0.2, 0.25) is 0 Å². The lowest BCUT2D eigenvalue weighted by Gasteiger charge is -2.33. The lowest BCUT2D eigenvalue weighted by atomic mass is 10.0. The summed E-state index contributed by atoms with van der Waals surface area (Å²) in [5.41, 5.74) is 0.289. The number of nitrogens with one attached hydrogen (secondary N) is 1. The molecule has 0 unspecified atom stereocenters. The molecule has 1 N–H and O–H groups in total. The van der Waals surface area contributed by atoms with Crippen LogP contribution in [-0.4, -0.2) is 56.3 Å². The molecule has 1 fully saturated rings. The molecule has 0 radical (unpaired) electrons. The average molecular weight is 437 g/mol. The van der Waals surface area contributed by atoms with Gasteiger partial charge in [0.1, 0.15) is 11.2 Å². The number of carbonyl (C=O) groups is 2. The number of rotatable bonds is 4. The van der Waals surface area contributed by atoms with Gasteiger partial charge in [-0.15, -0.1) is 0 Å². The van der Waals surface area contributed by atoms with Crippen molar-refractivity contribution in [3.63, 3.8) is 0 Å². The summed E-state index contributed by atoms with van der Waals surface area (Å²) in [6, 6.07) is 6.85. The number of benzene rings is 1. The third-order valence-corrected chi connectivity index (χ3v) is 5.61. The van der Waals surface area contributed by atoms with Crippen molar-refractivity contribution >= 4 is 32.8 Å². The van der Waals surface area contributed by atoms with Crippen LogP contribution in [0, 0.1) is 0 Å². The summed E-state index contributed by atoms with van der Waals surface area (Å²) in [7, 11) is -3.36. The molecule has 1 aliphatic rings. The van der Waals surface area contributed by atoms with Crippen LogP contribution in [0.5, 0.6) is 0 Å². The molecule has 0 aliphatic carbocycles. The number of furan rings is 1. The minimum absolute atomic E-state index is 0.0243. The van der Waals surface area contributed by atoms with E-state index in [9.17, 15) is 18.0 Å². The van der Waals surface area contributed by atoms with Crippen LogP contribution >= 0.6 is 0 Å². The Bertz CT molecular complexity index is 1040. The monoisotopic (exact) mass is 436 g/mol. The molecule has 0 bridgehead atoms. The van der Waals surface area contributed by atoms with Crippen molar-refractivity contribution in [1.82, 2.24) is 10.2 Å². The highest BCUT2D eigenvalue weighted by molar-refractivity contribution is 7.89. The maximum absolute atomic E-state index is 12.9. The zero-order valence-electron chi connectivity index (χ0n) is 17.7. The molecule has 1 aromatic heterocycles. The van der Waals surface area contributed by atoms with Gasteiger partial charge in [-0.05, 0) is 39.7 Å². The molecule has 8 nitrogen and oxygen atoms in total. The van der Waals surface area contributed by atoms with E-state index in [1.54, 1.807) is 29.2 Å². The largest absolute Gasteiger partial charge is 0.451 e. The summed E-state index contributed by atoms with van der Waals surface area (Å²) >= 11 is 0. The molecule has 0 saturated carbocycles. The van der Waals surface area contributed by atoms with Crippen molar-refractivity contribution in [3.8, 4) is 0 Å². The maximum atomic E-state index is 12.9. The zero-order valence-corrected chi connectivity index (χ0v) is 18.5. The van der Waals surface area contributed by atoms with Gasteiger partial charge in [0.2, 0.25) is 0 Å². The predicted octanol–water partition coefficient (Wildman–Crippen LogP) is 3.11. The lowest BCUT2D eigenvalue weighted by Crippen LogP contribution is -2.47. The van der Waals surface area contributed by atoms with E-state index in [0.717, 1.165) is 6.26 Å². The van der Waals surface area contributed by atoms with E-state index in [1.165, 1.54) is 0 Å². The summed E-state index contributed by atoms with van der Waals surface area (Å²) in [5.74, 6) is -0.694. The molecule has 3 rings (SSSR count). The van der Waals surface area contributed by atoms with Crippen molar-refractivity contribution in [2.45, 2.75) is 51.0 Å². The second kappa shape index (κ2) is 8.29. The van der Waals surface area contributed by atoms with Crippen LogP contribution in [0.25, 0.3) is 11.0 Å². The van der Waals surface area contributed by atoms with Crippen LogP contribution in [0.3, 0.4) is 0 Å². The topological polar surface area (TPSA) is 106 Å². The molecule has 2 amide bonds. The summed E-state index contributed by atoms with van der Waals surface area (Å²) in [5, 5.41) is 3.54. The number of fused-ring (bicyclic) bond motifs is 1. The normalized spacial score (nSPS) is 15.9. The standard InChI is InChI=1S/C21H28N2O6S/c1-21(2,3)29-20(25)23-11-9-14(10-12-23)22-19(24)18-16(13-30(4,26)27)15-7-5-6-8-17(15)28-18/h5-8,14H,9-13H2,1-4H3,(H,22,24). The third-order valence-electron chi connectivity index (χ3n) is 4.79. The summed E-state index contributed by atoms with van der Waals surface area (Å²) in [6.07, 6.45) is 1.92. The van der Waals surface area contributed by atoms with Gasteiger partial charge in [-0.25, -0.2) is 13.2 Å². The number of para-hydroxylation sites is 1. The minimum atomic E-state index is -3.36. The van der Waals surface area contributed by atoms with E-state index < -0.39 is 21.3 Å². The van der Waals surface area contributed by atoms with E-state index in [0.29, 0.717) is 42.5 Å². The smallest absolute Gasteiger partial charge is 0.410 e. The maximum Gasteiger partial charge on any atom is 0.410 e. The van der Waals surface area contributed by atoms with Gasteiger partial charge < -0.3 is 19.4 Å². The second-order valence-electron chi connectivity index (χ2n) is 8.69. The fraction of sp³-hybridized carbons (Fsp3) is 0.524. The quantitative estimate of drug-likeness (QED) is 0.789. The van der Waals surface area contributed by atoms with Crippen molar-refractivity contribution in [3.05, 3.63) is 35.6 Å². The highest BCUT2D eigenvalue weighted by atomic mass is 32.2. The molecule has 1 aliphatic heterocycles. The van der Waals surface area contributed by atoms with Crippen molar-refractivity contribution in [2.24, 2.45) is 0 Å². The van der Waals surface area contributed by atoms with E-state index in [2.05, 4.69) is 5.32 Å². The Morgan fingerprint density at radius 1 is 1.20 bits per heavy atom. The van der Waals surface area contributed by atoms with Crippen LogP contribution in [-0.2, 0) is 20.3 Å². The van der Waals surface area contributed by atoms with Gasteiger partial charge in [-0.3, -0.25) is 4.79 Å². The molecule has 2 aromatic rings. The van der Waals surface area contributed by atoms with Crippen molar-refractivity contribution < 1.29 is 27.2 Å². The first kappa shape index (κ1) is 22.1. The number of ether oxygens (including phenoxy) is 1. The Hall–Kier alpha value is -2.55. The summed E-state index contributed by atoms with van der Waals surface area (Å²) in [6.45, 7) is 6.39. The summed E-state index contributed by atoms with van der Waals surface area (Å²) < 4.78 is 34.9. The van der Waals surface area contributed by atoms with Crippen LogP contribution in [0.4, 0.5) is 4.79 Å². The van der Waals surface area contributed by atoms with Gasteiger partial charge in [0.25, 0.3) is 5.91 Å². The van der Waals surface area contributed by atoms with Gasteiger partial charge >= 0.3 is 6.09 Å². The predicted molar refractivity (Wildman–Crippen MR) is 113 cm³/mol. The number of sulfone groups is 1. The second-order valence-corrected chi connectivity index (χ2v) is 10.8. The van der Waals surface area contributed by atoms with Gasteiger partial charge in [-0.1, -0.05) is 18.2 Å². The lowest BCUT2D eigenvalue weighted by molar-refractivity contribution is 0.0199. The van der Waals surface area contributed by atoms with E-state index >= 15 is 0 Å². The molecule has 164 valence electrons. The zero-order chi connectivity index (χ0) is 22.1. The van der Waals surface area contributed by atoms with Gasteiger partial charge in [-0.2, -0.15) is 0 Å². The van der Waals surface area contributed by atoms with Crippen molar-refractivity contribution in [2.75, 3.05) is 19.3 Å². The van der Waals surface area contributed by atoms with Gasteiger partial charge in [0.15, 0.2) is 15.6 Å². The molecule has 2 heterocycles. The molecule has 0 spiro atoms. The fourth-order valence-electron chi connectivity index (χ4n) is 3.47. The first-order valence-electron chi connectivity index (χ1n) is 9.90. The van der Waals surface area contributed by atoms with Crippen LogP contribution < -0.4 is 5.32 Å². The molecule has 1 aromatic carbocycles. The fourth-order valence-corrected chi connectivity index (χ4v) is 4.28. The average Bonchev–Trinajstić information content (AvgIpc) is 2.98. The van der Waals surface area contributed by atoms with Crippen LogP contribution in [0.15, 0.2) is 28.7 Å². The minimum Gasteiger partial charge on any atom is -0.451 e. The number of nitrogens with zero attached hydrogens (tertiary/aromatic N) is 1. The Balaban J connectivity index is 1.69. The molecular formula is C21H28N2O6S. The molecular weight excluding hydrogens is 408 g/mol. The molecule has 1 saturated heterocycles. The molecule has 9 heteroatoms. The summed E-state index contributed by atoms with van der Waals surface area (Å²) in [4.78, 5) is 26.7. The first-order valence-corrected chi connectivity index (χ1v) is 12.0. The number of hydrogen-bond acceptors (Lipinski definition) is 6. The Labute approximate surface area is 176 Å². The number of carbonyl (C=O) groups excluding carboxylic acids is 2.